The van der Waals surface area contributed by atoms with E-state index in [1.165, 1.54) is 36.4 Å². The summed E-state index contributed by atoms with van der Waals surface area (Å²) in [5.41, 5.74) is -0.620. The van der Waals surface area contributed by atoms with Crippen LogP contribution in [-0.4, -0.2) is 117 Å². The van der Waals surface area contributed by atoms with Gasteiger partial charge in [0.1, 0.15) is 11.4 Å². The quantitative estimate of drug-likeness (QED) is 0.0955. The van der Waals surface area contributed by atoms with E-state index in [-0.39, 0.29) is 72.1 Å². The average Bonchev–Trinajstić information content (AvgIpc) is 3.45. The lowest BCUT2D eigenvalue weighted by atomic mass is 9.75. The van der Waals surface area contributed by atoms with E-state index in [0.29, 0.717) is 23.0 Å². The van der Waals surface area contributed by atoms with Crippen molar-refractivity contribution in [1.82, 2.24) is 0 Å². The second kappa shape index (κ2) is 16.3. The first kappa shape index (κ1) is 46.9. The summed E-state index contributed by atoms with van der Waals surface area (Å²) in [6.07, 6.45) is 3.89. The number of hydrogen-bond donors (Lipinski definition) is 5. The number of anilines is 1. The van der Waals surface area contributed by atoms with Gasteiger partial charge in [-0.2, -0.15) is 38.2 Å². The smallest absolute Gasteiger partial charge is 0.336 e. The van der Waals surface area contributed by atoms with Crippen LogP contribution >= 0.6 is 0 Å². The first-order chi connectivity index (χ1) is 27.4. The molecule has 2 heterocycles. The van der Waals surface area contributed by atoms with E-state index in [0.717, 1.165) is 6.07 Å². The second-order valence-electron chi connectivity index (χ2n) is 15.1. The van der Waals surface area contributed by atoms with Crippen LogP contribution in [-0.2, 0) is 61.4 Å². The summed E-state index contributed by atoms with van der Waals surface area (Å²) >= 11 is 0. The lowest BCUT2D eigenvalue weighted by Crippen LogP contribution is -2.31. The molecule has 0 spiro atoms. The molecule has 0 amide bonds. The Labute approximate surface area is 347 Å². The number of fused-ring (bicyclic) bond motifs is 4. The van der Waals surface area contributed by atoms with Gasteiger partial charge in [0.2, 0.25) is 5.69 Å². The zero-order valence-corrected chi connectivity index (χ0v) is 36.3. The Hall–Kier alpha value is -4.11. The summed E-state index contributed by atoms with van der Waals surface area (Å²) in [6.45, 7) is 4.85. The molecule has 3 aromatic rings. The van der Waals surface area contributed by atoms with Gasteiger partial charge >= 0.3 is 5.97 Å². The monoisotopic (exact) mass is 934 g/mol. The lowest BCUT2D eigenvalue weighted by molar-refractivity contribution is -0.437. The molecule has 1 unspecified atom stereocenters. The normalized spacial score (nSPS) is 19.1. The third kappa shape index (κ3) is 9.98. The number of benzene rings is 3. The van der Waals surface area contributed by atoms with Gasteiger partial charge in [-0.3, -0.25) is 18.2 Å². The number of carboxylic acids is 1. The first-order valence-corrected chi connectivity index (χ1v) is 25.6. The Morgan fingerprint density at radius 3 is 1.98 bits per heavy atom. The number of carboxylic acid groups (broad SMARTS) is 1. The van der Waals surface area contributed by atoms with E-state index >= 15 is 0 Å². The second-order valence-corrected chi connectivity index (χ2v) is 22.6. The van der Waals surface area contributed by atoms with Gasteiger partial charge in [0, 0.05) is 53.0 Å². The third-order valence-corrected chi connectivity index (χ3v) is 14.7. The van der Waals surface area contributed by atoms with Gasteiger partial charge in [0.15, 0.2) is 5.71 Å². The van der Waals surface area contributed by atoms with Gasteiger partial charge in [-0.05, 0) is 81.3 Å². The number of allylic oxidation sites excluding steroid dienone is 4. The number of hydrogen-bond acceptors (Lipinski definition) is 13. The molecule has 2 aliphatic heterocycles. The minimum atomic E-state index is -5.16. The Morgan fingerprint density at radius 1 is 0.783 bits per heavy atom. The molecule has 328 valence electrons. The van der Waals surface area contributed by atoms with Gasteiger partial charge in [-0.1, -0.05) is 18.2 Å². The molecule has 0 saturated carbocycles. The van der Waals surface area contributed by atoms with Gasteiger partial charge in [-0.15, -0.1) is 0 Å². The maximum atomic E-state index is 12.6. The van der Waals surface area contributed by atoms with Crippen molar-refractivity contribution in [3.8, 4) is 0 Å². The number of nitrogens with zero attached hydrogens (tertiary/aromatic N) is 2. The first-order valence-electron chi connectivity index (χ1n) is 17.9. The maximum Gasteiger partial charge on any atom is 0.336 e. The van der Waals surface area contributed by atoms with Crippen LogP contribution in [0.3, 0.4) is 0 Å². The van der Waals surface area contributed by atoms with Crippen LogP contribution in [0.1, 0.15) is 67.9 Å². The molecule has 60 heavy (non-hydrogen) atoms. The molecule has 2 aliphatic rings. The van der Waals surface area contributed by atoms with Crippen molar-refractivity contribution in [2.24, 2.45) is 0 Å². The molecule has 1 atom stereocenters. The molecule has 0 fully saturated rings. The molecule has 3 aromatic carbocycles. The SMILES string of the molecule is CC1(C)C(/C=C/C=C2/N(CCCS(=O)(=O)O)c3ccc4c(S(=O)(=O)O)cc(S(=O)(=O)O)cc4c3C2(C)CCCS(=O)(=O)O)=[N+](CCCS(=O)(=O)[O-])c2cccc(C(=O)O)c21. The summed E-state index contributed by atoms with van der Waals surface area (Å²) in [4.78, 5) is 12.1. The summed E-state index contributed by atoms with van der Waals surface area (Å²) in [7, 11) is -24.0. The highest BCUT2D eigenvalue weighted by Gasteiger charge is 2.48. The molecule has 0 bridgehead atoms. The van der Waals surface area contributed by atoms with Gasteiger partial charge in [-0.25, -0.2) is 13.2 Å². The van der Waals surface area contributed by atoms with E-state index < -0.39 is 94.4 Å². The molecular weight excluding hydrogens is 893 g/mol. The molecule has 19 nitrogen and oxygen atoms in total. The van der Waals surface area contributed by atoms with E-state index in [4.69, 9.17) is 0 Å². The standard InChI is InChI=1S/C36H42N2O17S5/c1-35(2)30(37(16-7-19-57(44,45)46)27-10-4-9-25(32(27)35)34(39)40)11-5-12-31-36(3,15-6-18-56(41,42)43)33-26-21-23(59(50,51)52)22-29(60(53,54)55)24(26)13-14-28(33)38(31)17-8-20-58(47,48)49/h4-5,9-14,21-22H,6-8,15-20H2,1-3H3,(H5-,39,40,41,42,43,44,45,46,47,48,49,50,51,52,53,54,55). The highest BCUT2D eigenvalue weighted by molar-refractivity contribution is 7.87. The topological polar surface area (TPSA) is 318 Å². The van der Waals surface area contributed by atoms with E-state index in [1.54, 1.807) is 42.4 Å². The fourth-order valence-electron chi connectivity index (χ4n) is 8.23. The van der Waals surface area contributed by atoms with Crippen molar-refractivity contribution < 1.29 is 79.3 Å². The van der Waals surface area contributed by atoms with Crippen molar-refractivity contribution in [2.45, 2.75) is 67.1 Å². The van der Waals surface area contributed by atoms with Crippen LogP contribution in [0.5, 0.6) is 0 Å². The molecule has 0 radical (unpaired) electrons. The largest absolute Gasteiger partial charge is 0.748 e. The fraction of sp³-hybridized carbons (Fsp3) is 0.389. The average molecular weight is 935 g/mol. The Morgan fingerprint density at radius 2 is 1.42 bits per heavy atom. The van der Waals surface area contributed by atoms with Crippen LogP contribution in [0.4, 0.5) is 11.4 Å². The highest BCUT2D eigenvalue weighted by Crippen LogP contribution is 2.54. The van der Waals surface area contributed by atoms with Crippen LogP contribution in [0.2, 0.25) is 0 Å². The molecular formula is C36H42N2O17S5. The van der Waals surface area contributed by atoms with Gasteiger partial charge < -0.3 is 14.6 Å². The van der Waals surface area contributed by atoms with Gasteiger partial charge in [0.25, 0.3) is 40.5 Å². The Balaban J connectivity index is 1.81. The van der Waals surface area contributed by atoms with E-state index in [1.807, 2.05) is 0 Å². The predicted molar refractivity (Wildman–Crippen MR) is 218 cm³/mol. The fourth-order valence-corrected chi connectivity index (χ4v) is 11.1. The van der Waals surface area contributed by atoms with Crippen molar-refractivity contribution >= 4 is 84.4 Å². The van der Waals surface area contributed by atoms with Gasteiger partial charge in [0.05, 0.1) is 43.1 Å². The molecule has 0 saturated heterocycles. The zero-order chi connectivity index (χ0) is 45.0. The summed E-state index contributed by atoms with van der Waals surface area (Å²) in [6, 6.07) is 8.71. The number of aromatic carboxylic acids is 1. The summed E-state index contributed by atoms with van der Waals surface area (Å²) < 4.78 is 173. The lowest BCUT2D eigenvalue weighted by Gasteiger charge is -2.31. The van der Waals surface area contributed by atoms with E-state index in [2.05, 4.69) is 0 Å². The zero-order valence-electron chi connectivity index (χ0n) is 32.2. The Kier molecular flexibility index (Phi) is 12.8. The van der Waals surface area contributed by atoms with Crippen LogP contribution < -0.4 is 4.90 Å². The van der Waals surface area contributed by atoms with Crippen molar-refractivity contribution in [2.75, 3.05) is 35.2 Å². The summed E-state index contributed by atoms with van der Waals surface area (Å²) in [5, 5.41) is 9.76. The molecule has 5 N–H and O–H groups in total. The van der Waals surface area contributed by atoms with Crippen LogP contribution in [0, 0.1) is 0 Å². The van der Waals surface area contributed by atoms with E-state index in [9.17, 15) is 74.8 Å². The minimum absolute atomic E-state index is 0.0318. The third-order valence-electron chi connectivity index (χ3n) is 10.6. The minimum Gasteiger partial charge on any atom is -0.748 e. The summed E-state index contributed by atoms with van der Waals surface area (Å²) in [5.74, 6) is -3.44. The van der Waals surface area contributed by atoms with Crippen molar-refractivity contribution in [3.05, 3.63) is 83.1 Å². The molecule has 24 heteroatoms. The number of rotatable bonds is 17. The van der Waals surface area contributed by atoms with Crippen LogP contribution in [0.15, 0.2) is 76.2 Å². The maximum absolute atomic E-state index is 12.6. The number of carbonyl (C=O) groups is 1. The molecule has 0 aromatic heterocycles. The Bertz CT molecular complexity index is 2960. The highest BCUT2D eigenvalue weighted by atomic mass is 32.2. The van der Waals surface area contributed by atoms with Crippen molar-refractivity contribution in [3.63, 3.8) is 0 Å². The predicted octanol–water partition coefficient (Wildman–Crippen LogP) is 3.51. The van der Waals surface area contributed by atoms with Crippen LogP contribution in [0.25, 0.3) is 10.8 Å². The molecule has 5 rings (SSSR count). The van der Waals surface area contributed by atoms with Crippen molar-refractivity contribution in [1.29, 1.82) is 0 Å². The molecule has 0 aliphatic carbocycles.